The molecule has 2 aromatic carbocycles. The molecule has 1 N–H and O–H groups in total. The molecule has 0 unspecified atom stereocenters. The van der Waals surface area contributed by atoms with Gasteiger partial charge < -0.3 is 4.57 Å². The minimum atomic E-state index is -0.500. The number of hydrogen-bond donors (Lipinski definition) is 1. The number of nitro benzene ring substituents is 1. The lowest BCUT2D eigenvalue weighted by atomic mass is 10.3. The van der Waals surface area contributed by atoms with E-state index in [1.54, 1.807) is 19.2 Å². The van der Waals surface area contributed by atoms with E-state index in [0.717, 1.165) is 10.2 Å². The third-order valence-electron chi connectivity index (χ3n) is 3.30. The Hall–Kier alpha value is -3.00. The molecule has 8 heteroatoms. The van der Waals surface area contributed by atoms with Crippen molar-refractivity contribution in [2.24, 2.45) is 12.1 Å². The van der Waals surface area contributed by atoms with Crippen LogP contribution in [0.4, 0.5) is 11.4 Å². The highest BCUT2D eigenvalue weighted by Gasteiger charge is 2.11. The monoisotopic (exact) mass is 328 g/mol. The molecule has 3 aromatic rings. The van der Waals surface area contributed by atoms with Crippen molar-refractivity contribution in [3.63, 3.8) is 0 Å². The van der Waals surface area contributed by atoms with Crippen molar-refractivity contribution in [1.82, 2.24) is 4.57 Å². The van der Waals surface area contributed by atoms with Crippen molar-refractivity contribution < 1.29 is 4.92 Å². The van der Waals surface area contributed by atoms with Crippen molar-refractivity contribution in [3.8, 4) is 0 Å². The predicted octanol–water partition coefficient (Wildman–Crippen LogP) is 2.44. The second kappa shape index (κ2) is 6.01. The molecule has 0 spiro atoms. The van der Waals surface area contributed by atoms with E-state index in [-0.39, 0.29) is 21.6 Å². The van der Waals surface area contributed by atoms with E-state index >= 15 is 0 Å². The van der Waals surface area contributed by atoms with Crippen LogP contribution in [0, 0.1) is 10.1 Å². The van der Waals surface area contributed by atoms with Gasteiger partial charge in [-0.05, 0) is 18.2 Å². The highest BCUT2D eigenvalue weighted by atomic mass is 32.1. The Morgan fingerprint density at radius 3 is 2.65 bits per heavy atom. The van der Waals surface area contributed by atoms with Crippen molar-refractivity contribution in [1.29, 1.82) is 0 Å². The summed E-state index contributed by atoms with van der Waals surface area (Å²) in [5, 5.41) is 15.1. The Kier molecular flexibility index (Phi) is 3.90. The fraction of sp³-hybridized carbons (Fsp3) is 0.0667. The van der Waals surface area contributed by atoms with Gasteiger partial charge in [0.15, 0.2) is 0 Å². The molecule has 0 saturated heterocycles. The lowest BCUT2D eigenvalue weighted by Crippen LogP contribution is -2.32. The van der Waals surface area contributed by atoms with Crippen LogP contribution >= 0.6 is 11.3 Å². The summed E-state index contributed by atoms with van der Waals surface area (Å²) in [6.45, 7) is 0. The number of aromatic nitrogens is 1. The molecule has 116 valence electrons. The van der Waals surface area contributed by atoms with Gasteiger partial charge in [0, 0.05) is 13.1 Å². The number of para-hydroxylation sites is 3. The zero-order chi connectivity index (χ0) is 16.4. The normalized spacial score (nSPS) is 11.6. The van der Waals surface area contributed by atoms with Gasteiger partial charge in [0.05, 0.1) is 15.1 Å². The summed E-state index contributed by atoms with van der Waals surface area (Å²) >= 11 is 1.23. The Labute approximate surface area is 134 Å². The van der Waals surface area contributed by atoms with Crippen molar-refractivity contribution in [3.05, 3.63) is 73.7 Å². The largest absolute Gasteiger partial charge is 0.308 e. The van der Waals surface area contributed by atoms with Crippen LogP contribution in [0.2, 0.25) is 0 Å². The van der Waals surface area contributed by atoms with E-state index in [1.807, 2.05) is 24.3 Å². The molecule has 0 aliphatic carbocycles. The van der Waals surface area contributed by atoms with Crippen LogP contribution in [0.5, 0.6) is 0 Å². The summed E-state index contributed by atoms with van der Waals surface area (Å²) in [6.07, 6.45) is 0. The first-order chi connectivity index (χ1) is 11.1. The third kappa shape index (κ3) is 2.84. The van der Waals surface area contributed by atoms with E-state index in [2.05, 4.69) is 10.5 Å². The first-order valence-corrected chi connectivity index (χ1v) is 7.51. The Morgan fingerprint density at radius 2 is 1.87 bits per heavy atom. The molecule has 0 aliphatic heterocycles. The molecule has 7 nitrogen and oxygen atoms in total. The lowest BCUT2D eigenvalue weighted by molar-refractivity contribution is -0.384. The Balaban J connectivity index is 2.11. The molecule has 0 atom stereocenters. The van der Waals surface area contributed by atoms with E-state index in [4.69, 9.17) is 0 Å². The summed E-state index contributed by atoms with van der Waals surface area (Å²) in [5.41, 5.74) is 3.31. The van der Waals surface area contributed by atoms with Gasteiger partial charge in [0.2, 0.25) is 4.67 Å². The smallest absolute Gasteiger partial charge is 0.294 e. The van der Waals surface area contributed by atoms with Gasteiger partial charge in [-0.2, -0.15) is 5.10 Å². The van der Waals surface area contributed by atoms with Gasteiger partial charge in [0.25, 0.3) is 11.2 Å². The maximum Gasteiger partial charge on any atom is 0.294 e. The molecule has 3 rings (SSSR count). The quantitative estimate of drug-likeness (QED) is 0.590. The SMILES string of the molecule is Cn1c(=O)/c(=N\Nc2ccccc2[N+](=O)[O-])sc2ccccc21. The Bertz CT molecular complexity index is 1020. The van der Waals surface area contributed by atoms with Gasteiger partial charge in [-0.25, -0.2) is 0 Å². The van der Waals surface area contributed by atoms with Gasteiger partial charge in [-0.15, -0.1) is 11.3 Å². The second-order valence-corrected chi connectivity index (χ2v) is 5.77. The first-order valence-electron chi connectivity index (χ1n) is 6.70. The van der Waals surface area contributed by atoms with Crippen LogP contribution in [0.15, 0.2) is 58.4 Å². The van der Waals surface area contributed by atoms with Crippen LogP contribution in [0.25, 0.3) is 10.2 Å². The van der Waals surface area contributed by atoms with E-state index in [0.29, 0.717) is 0 Å². The number of aryl methyl sites for hydroxylation is 1. The van der Waals surface area contributed by atoms with Crippen molar-refractivity contribution in [2.45, 2.75) is 0 Å². The molecule has 0 saturated carbocycles. The minimum Gasteiger partial charge on any atom is -0.308 e. The molecule has 0 radical (unpaired) electrons. The van der Waals surface area contributed by atoms with Gasteiger partial charge in [0.1, 0.15) is 5.69 Å². The second-order valence-electron chi connectivity index (χ2n) is 4.74. The van der Waals surface area contributed by atoms with E-state index in [9.17, 15) is 14.9 Å². The highest BCUT2D eigenvalue weighted by Crippen LogP contribution is 2.22. The van der Waals surface area contributed by atoms with Crippen molar-refractivity contribution >= 4 is 32.9 Å². The molecule has 0 aliphatic rings. The molecule has 0 amide bonds. The number of nitro groups is 1. The predicted molar refractivity (Wildman–Crippen MR) is 89.3 cm³/mol. The number of hydrogen-bond acceptors (Lipinski definition) is 6. The lowest BCUT2D eigenvalue weighted by Gasteiger charge is -2.04. The minimum absolute atomic E-state index is 0.0983. The fourth-order valence-corrected chi connectivity index (χ4v) is 3.11. The Morgan fingerprint density at radius 1 is 1.17 bits per heavy atom. The van der Waals surface area contributed by atoms with Gasteiger partial charge >= 0.3 is 0 Å². The number of benzene rings is 2. The molecule has 1 heterocycles. The average Bonchev–Trinajstić information content (AvgIpc) is 2.57. The van der Waals surface area contributed by atoms with Crippen LogP contribution in [-0.4, -0.2) is 9.49 Å². The number of anilines is 1. The number of rotatable bonds is 3. The van der Waals surface area contributed by atoms with Crippen LogP contribution < -0.4 is 15.7 Å². The first kappa shape index (κ1) is 14.9. The molecule has 0 bridgehead atoms. The maximum atomic E-state index is 12.3. The fourth-order valence-electron chi connectivity index (χ4n) is 2.13. The van der Waals surface area contributed by atoms with E-state index < -0.39 is 4.92 Å². The number of fused-ring (bicyclic) bond motifs is 1. The molecule has 1 aromatic heterocycles. The van der Waals surface area contributed by atoms with Crippen molar-refractivity contribution in [2.75, 3.05) is 5.43 Å². The third-order valence-corrected chi connectivity index (χ3v) is 4.32. The number of nitrogens with one attached hydrogen (secondary N) is 1. The molecular weight excluding hydrogens is 316 g/mol. The zero-order valence-corrected chi connectivity index (χ0v) is 12.9. The summed E-state index contributed by atoms with van der Waals surface area (Å²) in [4.78, 5) is 22.8. The number of nitrogens with zero attached hydrogens (tertiary/aromatic N) is 3. The van der Waals surface area contributed by atoms with Crippen LogP contribution in [0.1, 0.15) is 0 Å². The summed E-state index contributed by atoms with van der Waals surface area (Å²) in [5.74, 6) is 0. The molecule has 0 fully saturated rings. The summed E-state index contributed by atoms with van der Waals surface area (Å²) in [7, 11) is 1.67. The van der Waals surface area contributed by atoms with Crippen LogP contribution in [0.3, 0.4) is 0 Å². The van der Waals surface area contributed by atoms with Crippen LogP contribution in [-0.2, 0) is 7.05 Å². The maximum absolute atomic E-state index is 12.3. The molecular formula is C15H12N4O3S. The molecule has 23 heavy (non-hydrogen) atoms. The summed E-state index contributed by atoms with van der Waals surface area (Å²) in [6, 6.07) is 13.6. The highest BCUT2D eigenvalue weighted by molar-refractivity contribution is 7.16. The van der Waals surface area contributed by atoms with Gasteiger partial charge in [-0.1, -0.05) is 24.3 Å². The van der Waals surface area contributed by atoms with Gasteiger partial charge in [-0.3, -0.25) is 20.3 Å². The average molecular weight is 328 g/mol. The summed E-state index contributed by atoms with van der Waals surface area (Å²) < 4.78 is 2.63. The van der Waals surface area contributed by atoms with E-state index in [1.165, 1.54) is 28.0 Å². The topological polar surface area (TPSA) is 89.5 Å². The standard InChI is InChI=1S/C15H12N4O3S/c1-18-12-8-4-5-9-13(12)23-14(15(18)20)17-16-10-6-2-3-7-11(10)19(21)22/h2-9,16H,1H3/b17-14+. The zero-order valence-electron chi connectivity index (χ0n) is 12.1.